The zero-order valence-electron chi connectivity index (χ0n) is 11.7. The Labute approximate surface area is 126 Å². The highest BCUT2D eigenvalue weighted by molar-refractivity contribution is 5.92. The first kappa shape index (κ1) is 15.5. The van der Waals surface area contributed by atoms with E-state index in [0.29, 0.717) is 11.3 Å². The monoisotopic (exact) mass is 302 g/mol. The molecule has 0 atom stereocenters. The molecule has 6 heteroatoms. The Hall–Kier alpha value is -2.89. The number of benzene rings is 2. The first-order valence-corrected chi connectivity index (χ1v) is 6.63. The van der Waals surface area contributed by atoms with Gasteiger partial charge in [-0.3, -0.25) is 9.59 Å². The molecule has 0 aromatic heterocycles. The first-order valence-electron chi connectivity index (χ1n) is 6.63. The topological polar surface area (TPSA) is 81.4 Å². The predicted molar refractivity (Wildman–Crippen MR) is 80.1 cm³/mol. The van der Waals surface area contributed by atoms with Gasteiger partial charge in [-0.05, 0) is 36.4 Å². The number of para-hydroxylation sites is 1. The number of hydrogen-bond donors (Lipinski definition) is 2. The second-order valence-corrected chi connectivity index (χ2v) is 4.52. The standard InChI is InChI=1S/C16H15FN2O3/c17-13-3-1-2-4-14(13)19-15(20)9-10-22-12-7-5-11(6-8-12)16(18)21/h1-8H,9-10H2,(H2,18,21)(H,19,20). The number of anilines is 1. The average molecular weight is 302 g/mol. The fourth-order valence-electron chi connectivity index (χ4n) is 1.75. The molecule has 0 fully saturated rings. The molecule has 2 rings (SSSR count). The molecule has 2 aromatic rings. The molecule has 5 nitrogen and oxygen atoms in total. The molecule has 3 N–H and O–H groups in total. The van der Waals surface area contributed by atoms with Crippen molar-refractivity contribution in [3.8, 4) is 5.75 Å². The van der Waals surface area contributed by atoms with Gasteiger partial charge in [0, 0.05) is 5.56 Å². The number of ether oxygens (including phenoxy) is 1. The van der Waals surface area contributed by atoms with E-state index in [1.807, 2.05) is 0 Å². The summed E-state index contributed by atoms with van der Waals surface area (Å²) in [4.78, 5) is 22.6. The van der Waals surface area contributed by atoms with Gasteiger partial charge in [-0.25, -0.2) is 4.39 Å². The van der Waals surface area contributed by atoms with E-state index in [9.17, 15) is 14.0 Å². The summed E-state index contributed by atoms with van der Waals surface area (Å²) in [6.45, 7) is 0.135. The predicted octanol–water partition coefficient (Wildman–Crippen LogP) is 2.33. The van der Waals surface area contributed by atoms with Gasteiger partial charge in [0.15, 0.2) is 0 Å². The van der Waals surface area contributed by atoms with Crippen molar-refractivity contribution >= 4 is 17.5 Å². The largest absolute Gasteiger partial charge is 0.493 e. The average Bonchev–Trinajstić information content (AvgIpc) is 2.50. The van der Waals surface area contributed by atoms with Crippen molar-refractivity contribution in [1.29, 1.82) is 0 Å². The van der Waals surface area contributed by atoms with Crippen LogP contribution in [0.2, 0.25) is 0 Å². The zero-order valence-corrected chi connectivity index (χ0v) is 11.7. The Morgan fingerprint density at radius 2 is 1.77 bits per heavy atom. The highest BCUT2D eigenvalue weighted by atomic mass is 19.1. The number of nitrogens with one attached hydrogen (secondary N) is 1. The summed E-state index contributed by atoms with van der Waals surface area (Å²) in [6, 6.07) is 12.2. The smallest absolute Gasteiger partial charge is 0.248 e. The summed E-state index contributed by atoms with van der Waals surface area (Å²) in [6.07, 6.45) is 0.0753. The molecule has 114 valence electrons. The van der Waals surface area contributed by atoms with Crippen LogP contribution in [0.5, 0.6) is 5.75 Å². The van der Waals surface area contributed by atoms with Crippen molar-refractivity contribution in [1.82, 2.24) is 0 Å². The lowest BCUT2D eigenvalue weighted by atomic mass is 10.2. The number of nitrogens with two attached hydrogens (primary N) is 1. The van der Waals surface area contributed by atoms with Crippen LogP contribution >= 0.6 is 0 Å². The van der Waals surface area contributed by atoms with E-state index in [1.165, 1.54) is 24.3 Å². The molecule has 0 saturated heterocycles. The Morgan fingerprint density at radius 1 is 1.09 bits per heavy atom. The van der Waals surface area contributed by atoms with Crippen LogP contribution in [-0.4, -0.2) is 18.4 Å². The minimum absolute atomic E-state index is 0.0753. The summed E-state index contributed by atoms with van der Waals surface area (Å²) in [7, 11) is 0. The summed E-state index contributed by atoms with van der Waals surface area (Å²) in [5.74, 6) is -0.836. The third kappa shape index (κ3) is 4.31. The molecule has 0 bridgehead atoms. The molecular formula is C16H15FN2O3. The molecule has 0 saturated carbocycles. The molecule has 0 spiro atoms. The summed E-state index contributed by atoms with van der Waals surface area (Å²) in [5.41, 5.74) is 5.64. The van der Waals surface area contributed by atoms with E-state index >= 15 is 0 Å². The van der Waals surface area contributed by atoms with Crippen LogP contribution in [0.15, 0.2) is 48.5 Å². The number of rotatable bonds is 6. The zero-order chi connectivity index (χ0) is 15.9. The molecule has 2 aromatic carbocycles. The highest BCUT2D eigenvalue weighted by Gasteiger charge is 2.07. The Bertz CT molecular complexity index is 671. The Morgan fingerprint density at radius 3 is 2.41 bits per heavy atom. The minimum Gasteiger partial charge on any atom is -0.493 e. The first-order chi connectivity index (χ1) is 10.6. The van der Waals surface area contributed by atoms with Crippen molar-refractivity contribution in [3.63, 3.8) is 0 Å². The third-order valence-electron chi connectivity index (χ3n) is 2.88. The van der Waals surface area contributed by atoms with E-state index in [2.05, 4.69) is 5.32 Å². The summed E-state index contributed by atoms with van der Waals surface area (Å²) in [5, 5.41) is 2.47. The summed E-state index contributed by atoms with van der Waals surface area (Å²) >= 11 is 0. The van der Waals surface area contributed by atoms with E-state index in [1.54, 1.807) is 24.3 Å². The quantitative estimate of drug-likeness (QED) is 0.859. The Kier molecular flexibility index (Phi) is 5.08. The molecular weight excluding hydrogens is 287 g/mol. The van der Waals surface area contributed by atoms with E-state index < -0.39 is 11.7 Å². The lowest BCUT2D eigenvalue weighted by Gasteiger charge is -2.08. The van der Waals surface area contributed by atoms with Crippen molar-refractivity contribution < 1.29 is 18.7 Å². The van der Waals surface area contributed by atoms with Gasteiger partial charge in [0.05, 0.1) is 18.7 Å². The van der Waals surface area contributed by atoms with Gasteiger partial charge in [-0.1, -0.05) is 12.1 Å². The van der Waals surface area contributed by atoms with Crippen LogP contribution in [0.4, 0.5) is 10.1 Å². The van der Waals surface area contributed by atoms with Crippen molar-refractivity contribution in [2.45, 2.75) is 6.42 Å². The number of amides is 2. The van der Waals surface area contributed by atoms with Crippen LogP contribution in [0.1, 0.15) is 16.8 Å². The van der Waals surface area contributed by atoms with Gasteiger partial charge in [0.2, 0.25) is 11.8 Å². The fraction of sp³-hybridized carbons (Fsp3) is 0.125. The number of primary amides is 1. The van der Waals surface area contributed by atoms with Crippen molar-refractivity contribution in [2.75, 3.05) is 11.9 Å². The normalized spacial score (nSPS) is 10.0. The molecule has 22 heavy (non-hydrogen) atoms. The number of carbonyl (C=O) groups is 2. The fourth-order valence-corrected chi connectivity index (χ4v) is 1.75. The van der Waals surface area contributed by atoms with E-state index in [0.717, 1.165) is 0 Å². The lowest BCUT2D eigenvalue weighted by Crippen LogP contribution is -2.16. The molecule has 0 aliphatic rings. The number of halogens is 1. The second-order valence-electron chi connectivity index (χ2n) is 4.52. The van der Waals surface area contributed by atoms with Crippen molar-refractivity contribution in [3.05, 3.63) is 59.9 Å². The van der Waals surface area contributed by atoms with E-state index in [-0.39, 0.29) is 24.6 Å². The molecule has 0 heterocycles. The van der Waals surface area contributed by atoms with Crippen LogP contribution in [0.3, 0.4) is 0 Å². The Balaban J connectivity index is 1.79. The third-order valence-corrected chi connectivity index (χ3v) is 2.88. The van der Waals surface area contributed by atoms with Crippen molar-refractivity contribution in [2.24, 2.45) is 5.73 Å². The van der Waals surface area contributed by atoms with Crippen LogP contribution in [-0.2, 0) is 4.79 Å². The highest BCUT2D eigenvalue weighted by Crippen LogP contribution is 2.14. The second kappa shape index (κ2) is 7.21. The van der Waals surface area contributed by atoms with Gasteiger partial charge < -0.3 is 15.8 Å². The molecule has 0 unspecified atom stereocenters. The molecule has 0 aliphatic carbocycles. The van der Waals surface area contributed by atoms with Gasteiger partial charge >= 0.3 is 0 Å². The number of hydrogen-bond acceptors (Lipinski definition) is 3. The van der Waals surface area contributed by atoms with Crippen LogP contribution in [0, 0.1) is 5.82 Å². The van der Waals surface area contributed by atoms with Crippen LogP contribution in [0.25, 0.3) is 0 Å². The molecule has 2 amide bonds. The SMILES string of the molecule is NC(=O)c1ccc(OCCC(=O)Nc2ccccc2F)cc1. The van der Waals surface area contributed by atoms with Gasteiger partial charge in [0.1, 0.15) is 11.6 Å². The number of carbonyl (C=O) groups excluding carboxylic acids is 2. The summed E-state index contributed by atoms with van der Waals surface area (Å²) < 4.78 is 18.7. The maximum absolute atomic E-state index is 13.4. The van der Waals surface area contributed by atoms with Crippen LogP contribution < -0.4 is 15.8 Å². The maximum Gasteiger partial charge on any atom is 0.248 e. The molecule has 0 aliphatic heterocycles. The van der Waals surface area contributed by atoms with Gasteiger partial charge in [-0.2, -0.15) is 0 Å². The molecule has 0 radical (unpaired) electrons. The van der Waals surface area contributed by atoms with E-state index in [4.69, 9.17) is 10.5 Å². The maximum atomic E-state index is 13.4. The lowest BCUT2D eigenvalue weighted by molar-refractivity contribution is -0.116. The van der Waals surface area contributed by atoms with Gasteiger partial charge in [0.25, 0.3) is 0 Å². The van der Waals surface area contributed by atoms with Gasteiger partial charge in [-0.15, -0.1) is 0 Å². The minimum atomic E-state index is -0.518.